The molecule has 23 heavy (non-hydrogen) atoms. The quantitative estimate of drug-likeness (QED) is 0.860. The van der Waals surface area contributed by atoms with E-state index in [2.05, 4.69) is 5.32 Å². The number of rotatable bonds is 5. The van der Waals surface area contributed by atoms with Crippen molar-refractivity contribution in [3.05, 3.63) is 36.4 Å². The van der Waals surface area contributed by atoms with E-state index in [0.717, 1.165) is 5.39 Å². The maximum Gasteiger partial charge on any atom is 0.265 e. The van der Waals surface area contributed by atoms with E-state index in [1.165, 1.54) is 4.31 Å². The molecular formula is C16H19N3O3S. The van der Waals surface area contributed by atoms with Crippen molar-refractivity contribution < 1.29 is 13.2 Å². The van der Waals surface area contributed by atoms with E-state index in [0.29, 0.717) is 24.0 Å². The van der Waals surface area contributed by atoms with Crippen LogP contribution in [-0.4, -0.2) is 33.5 Å². The maximum atomic E-state index is 12.7. The van der Waals surface area contributed by atoms with Crippen molar-refractivity contribution in [2.24, 2.45) is 5.73 Å². The topological polar surface area (TPSA) is 92.5 Å². The van der Waals surface area contributed by atoms with Crippen LogP contribution in [0.25, 0.3) is 10.8 Å². The molecule has 6 nitrogen and oxygen atoms in total. The first-order valence-electron chi connectivity index (χ1n) is 7.48. The van der Waals surface area contributed by atoms with Crippen LogP contribution in [0.2, 0.25) is 0 Å². The first-order valence-corrected chi connectivity index (χ1v) is 8.92. The summed E-state index contributed by atoms with van der Waals surface area (Å²) in [6, 6.07) is 10.5. The fraction of sp³-hybridized carbons (Fsp3) is 0.312. The number of benzene rings is 2. The molecule has 3 rings (SSSR count). The molecule has 0 aromatic heterocycles. The fourth-order valence-electron chi connectivity index (χ4n) is 2.75. The Labute approximate surface area is 135 Å². The van der Waals surface area contributed by atoms with Crippen LogP contribution in [-0.2, 0) is 14.8 Å². The minimum Gasteiger partial charge on any atom is -0.354 e. The first-order chi connectivity index (χ1) is 10.9. The molecule has 1 heterocycles. The normalized spacial score (nSPS) is 16.5. The lowest BCUT2D eigenvalue weighted by atomic mass is 10.1. The zero-order valence-electron chi connectivity index (χ0n) is 12.8. The van der Waals surface area contributed by atoms with Crippen molar-refractivity contribution in [3.63, 3.8) is 0 Å². The fourth-order valence-corrected chi connectivity index (χ4v) is 4.42. The Hall–Kier alpha value is -2.12. The van der Waals surface area contributed by atoms with Gasteiger partial charge in [-0.1, -0.05) is 24.3 Å². The van der Waals surface area contributed by atoms with E-state index in [1.54, 1.807) is 24.3 Å². The van der Waals surface area contributed by atoms with Gasteiger partial charge >= 0.3 is 0 Å². The Balaban J connectivity index is 1.87. The van der Waals surface area contributed by atoms with Gasteiger partial charge in [-0.3, -0.25) is 9.10 Å². The second-order valence-electron chi connectivity index (χ2n) is 5.76. The van der Waals surface area contributed by atoms with E-state index in [9.17, 15) is 13.2 Å². The van der Waals surface area contributed by atoms with Crippen LogP contribution in [0, 0.1) is 0 Å². The van der Waals surface area contributed by atoms with E-state index in [-0.39, 0.29) is 23.4 Å². The van der Waals surface area contributed by atoms with Crippen molar-refractivity contribution in [3.8, 4) is 0 Å². The third kappa shape index (κ3) is 2.77. The summed E-state index contributed by atoms with van der Waals surface area (Å²) in [6.45, 7) is 2.06. The van der Waals surface area contributed by atoms with Crippen molar-refractivity contribution >= 4 is 32.4 Å². The molecule has 122 valence electrons. The standard InChI is InChI=1S/C16H19N3O3S/c1-11(17)8-9-18-15(20)10-19-13-6-2-4-12-5-3-7-14(16(12)13)23(19,21)22/h2-7,11H,8-10,17H2,1H3,(H,18,20). The molecule has 0 radical (unpaired) electrons. The summed E-state index contributed by atoms with van der Waals surface area (Å²) in [5.74, 6) is -0.334. The van der Waals surface area contributed by atoms with Crippen LogP contribution in [0.4, 0.5) is 5.69 Å². The van der Waals surface area contributed by atoms with Gasteiger partial charge < -0.3 is 11.1 Å². The van der Waals surface area contributed by atoms with Crippen LogP contribution < -0.4 is 15.4 Å². The van der Waals surface area contributed by atoms with E-state index in [1.807, 2.05) is 19.1 Å². The Morgan fingerprint density at radius 1 is 1.26 bits per heavy atom. The Kier molecular flexibility index (Phi) is 3.99. The molecule has 1 atom stereocenters. The number of amides is 1. The van der Waals surface area contributed by atoms with Gasteiger partial charge in [0.2, 0.25) is 5.91 Å². The average molecular weight is 333 g/mol. The summed E-state index contributed by atoms with van der Waals surface area (Å²) in [7, 11) is -3.69. The summed E-state index contributed by atoms with van der Waals surface area (Å²) in [4.78, 5) is 12.3. The van der Waals surface area contributed by atoms with Crippen molar-refractivity contribution in [1.82, 2.24) is 5.32 Å². The third-order valence-corrected chi connectivity index (χ3v) is 5.69. The Bertz CT molecular complexity index is 857. The van der Waals surface area contributed by atoms with Crippen LogP contribution in [0.3, 0.4) is 0 Å². The molecule has 1 aliphatic rings. The summed E-state index contributed by atoms with van der Waals surface area (Å²) in [6.07, 6.45) is 0.647. The van der Waals surface area contributed by atoms with E-state index in [4.69, 9.17) is 5.73 Å². The molecule has 0 bridgehead atoms. The lowest BCUT2D eigenvalue weighted by molar-refractivity contribution is -0.119. The zero-order chi connectivity index (χ0) is 16.6. The van der Waals surface area contributed by atoms with Gasteiger partial charge in [-0.25, -0.2) is 8.42 Å². The van der Waals surface area contributed by atoms with Crippen molar-refractivity contribution in [2.45, 2.75) is 24.3 Å². The van der Waals surface area contributed by atoms with Crippen LogP contribution in [0.5, 0.6) is 0 Å². The molecule has 7 heteroatoms. The van der Waals surface area contributed by atoms with Gasteiger partial charge in [0.1, 0.15) is 6.54 Å². The number of nitrogens with zero attached hydrogens (tertiary/aromatic N) is 1. The summed E-state index contributed by atoms with van der Waals surface area (Å²) in [5, 5.41) is 4.24. The van der Waals surface area contributed by atoms with Crippen LogP contribution >= 0.6 is 0 Å². The third-order valence-electron chi connectivity index (χ3n) is 3.89. The van der Waals surface area contributed by atoms with Crippen molar-refractivity contribution in [2.75, 3.05) is 17.4 Å². The number of hydrogen-bond acceptors (Lipinski definition) is 4. The Morgan fingerprint density at radius 2 is 1.96 bits per heavy atom. The predicted octanol–water partition coefficient (Wildman–Crippen LogP) is 1.20. The highest BCUT2D eigenvalue weighted by Gasteiger charge is 2.36. The van der Waals surface area contributed by atoms with Gasteiger partial charge in [-0.2, -0.15) is 0 Å². The highest BCUT2D eigenvalue weighted by Crippen LogP contribution is 2.41. The SMILES string of the molecule is CC(N)CCNC(=O)CN1c2cccc3cccc(c23)S1(=O)=O. The number of nitrogens with one attached hydrogen (secondary N) is 1. The summed E-state index contributed by atoms with van der Waals surface area (Å²) >= 11 is 0. The maximum absolute atomic E-state index is 12.7. The average Bonchev–Trinajstić information content (AvgIpc) is 2.71. The number of nitrogens with two attached hydrogens (primary N) is 1. The number of anilines is 1. The smallest absolute Gasteiger partial charge is 0.265 e. The van der Waals surface area contributed by atoms with Gasteiger partial charge in [0, 0.05) is 18.0 Å². The second kappa shape index (κ2) is 5.82. The molecule has 0 aliphatic carbocycles. The highest BCUT2D eigenvalue weighted by atomic mass is 32.2. The number of sulfonamides is 1. The van der Waals surface area contributed by atoms with Gasteiger partial charge in [0.25, 0.3) is 10.0 Å². The predicted molar refractivity (Wildman–Crippen MR) is 89.8 cm³/mol. The lowest BCUT2D eigenvalue weighted by Gasteiger charge is -2.18. The number of carbonyl (C=O) groups excluding carboxylic acids is 1. The highest BCUT2D eigenvalue weighted by molar-refractivity contribution is 7.93. The van der Waals surface area contributed by atoms with E-state index >= 15 is 0 Å². The second-order valence-corrected chi connectivity index (χ2v) is 7.59. The molecule has 2 aromatic rings. The molecule has 0 saturated carbocycles. The minimum absolute atomic E-state index is 0.0103. The lowest BCUT2D eigenvalue weighted by Crippen LogP contribution is -2.40. The molecule has 1 amide bonds. The molecule has 1 aliphatic heterocycles. The number of hydrogen-bond donors (Lipinski definition) is 2. The van der Waals surface area contributed by atoms with Gasteiger partial charge in [-0.05, 0) is 30.9 Å². The molecule has 0 fully saturated rings. The monoisotopic (exact) mass is 333 g/mol. The van der Waals surface area contributed by atoms with Gasteiger partial charge in [0.05, 0.1) is 10.6 Å². The van der Waals surface area contributed by atoms with Crippen molar-refractivity contribution in [1.29, 1.82) is 0 Å². The zero-order valence-corrected chi connectivity index (χ0v) is 13.6. The summed E-state index contributed by atoms with van der Waals surface area (Å²) < 4.78 is 26.6. The first kappa shape index (κ1) is 15.8. The molecule has 2 aromatic carbocycles. The largest absolute Gasteiger partial charge is 0.354 e. The summed E-state index contributed by atoms with van der Waals surface area (Å²) in [5.41, 5.74) is 6.19. The molecule has 0 saturated heterocycles. The Morgan fingerprint density at radius 3 is 2.65 bits per heavy atom. The molecule has 1 unspecified atom stereocenters. The van der Waals surface area contributed by atoms with Crippen LogP contribution in [0.15, 0.2) is 41.3 Å². The molecule has 0 spiro atoms. The number of carbonyl (C=O) groups is 1. The van der Waals surface area contributed by atoms with Gasteiger partial charge in [0.15, 0.2) is 0 Å². The van der Waals surface area contributed by atoms with E-state index < -0.39 is 10.0 Å². The van der Waals surface area contributed by atoms with Crippen LogP contribution in [0.1, 0.15) is 13.3 Å². The molecule has 3 N–H and O–H groups in total. The minimum atomic E-state index is -3.69. The van der Waals surface area contributed by atoms with Gasteiger partial charge in [-0.15, -0.1) is 0 Å². The molecular weight excluding hydrogens is 314 g/mol.